The van der Waals surface area contributed by atoms with E-state index in [1.165, 1.54) is 0 Å². The van der Waals surface area contributed by atoms with Gasteiger partial charge in [-0.2, -0.15) is 0 Å². The van der Waals surface area contributed by atoms with Crippen LogP contribution in [0.2, 0.25) is 0 Å². The van der Waals surface area contributed by atoms with E-state index in [2.05, 4.69) is 22.4 Å². The van der Waals surface area contributed by atoms with Gasteiger partial charge < -0.3 is 15.0 Å². The Morgan fingerprint density at radius 1 is 1.33 bits per heavy atom. The van der Waals surface area contributed by atoms with Gasteiger partial charge in [0.05, 0.1) is 23.6 Å². The molecule has 0 spiro atoms. The number of rotatable bonds is 4. The third kappa shape index (κ3) is 2.73. The number of nitrogens with zero attached hydrogens (tertiary/aromatic N) is 2. The molecule has 1 N–H and O–H groups in total. The lowest BCUT2D eigenvalue weighted by Gasteiger charge is -2.19. The van der Waals surface area contributed by atoms with Crippen molar-refractivity contribution < 1.29 is 9.53 Å². The quantitative estimate of drug-likeness (QED) is 0.938. The summed E-state index contributed by atoms with van der Waals surface area (Å²) in [5.41, 5.74) is 2.05. The lowest BCUT2D eigenvalue weighted by atomic mass is 9.88. The topological polar surface area (TPSA) is 54.5 Å². The maximum Gasteiger partial charge on any atom is 0.226 e. The fraction of sp³-hybridized carbons (Fsp3) is 0.474. The predicted octanol–water partition coefficient (Wildman–Crippen LogP) is 2.48. The molecule has 0 radical (unpaired) electrons. The first-order valence-electron chi connectivity index (χ1n) is 8.61. The van der Waals surface area contributed by atoms with Crippen LogP contribution in [0, 0.1) is 5.92 Å². The van der Waals surface area contributed by atoms with E-state index in [1.807, 2.05) is 37.2 Å². The Hall–Kier alpha value is -2.14. The molecule has 1 aromatic carbocycles. The smallest absolute Gasteiger partial charge is 0.226 e. The summed E-state index contributed by atoms with van der Waals surface area (Å²) < 4.78 is 5.80. The van der Waals surface area contributed by atoms with Crippen molar-refractivity contribution in [2.45, 2.75) is 38.0 Å². The number of hydrogen-bond donors (Lipinski definition) is 1. The van der Waals surface area contributed by atoms with Crippen molar-refractivity contribution in [1.29, 1.82) is 0 Å². The molecule has 2 bridgehead atoms. The van der Waals surface area contributed by atoms with Gasteiger partial charge in [-0.15, -0.1) is 0 Å². The molecule has 3 heterocycles. The highest BCUT2D eigenvalue weighted by Crippen LogP contribution is 2.38. The Bertz CT molecular complexity index is 774. The van der Waals surface area contributed by atoms with Gasteiger partial charge >= 0.3 is 0 Å². The molecule has 2 aliphatic rings. The lowest BCUT2D eigenvalue weighted by molar-refractivity contribution is -0.126. The molecule has 1 aromatic heterocycles. The van der Waals surface area contributed by atoms with Crippen molar-refractivity contribution in [2.75, 3.05) is 19.0 Å². The van der Waals surface area contributed by atoms with Gasteiger partial charge in [0, 0.05) is 26.0 Å². The summed E-state index contributed by atoms with van der Waals surface area (Å²) in [6, 6.07) is 10.1. The lowest BCUT2D eigenvalue weighted by Crippen LogP contribution is -2.35. The molecular weight excluding hydrogens is 302 g/mol. The number of benzene rings is 1. The second-order valence-electron chi connectivity index (χ2n) is 6.99. The fourth-order valence-electron chi connectivity index (χ4n) is 3.83. The Balaban J connectivity index is 1.54. The van der Waals surface area contributed by atoms with Gasteiger partial charge in [0.1, 0.15) is 5.82 Å². The van der Waals surface area contributed by atoms with Gasteiger partial charge in [0.15, 0.2) is 0 Å². The van der Waals surface area contributed by atoms with Crippen molar-refractivity contribution >= 4 is 22.6 Å². The number of carbonyl (C=O) groups is 1. The maximum absolute atomic E-state index is 12.5. The van der Waals surface area contributed by atoms with E-state index < -0.39 is 0 Å². The number of carbonyl (C=O) groups excluding carboxylic acids is 1. The molecule has 2 fully saturated rings. The Kier molecular flexibility index (Phi) is 3.88. The summed E-state index contributed by atoms with van der Waals surface area (Å²) in [6.07, 6.45) is 3.42. The van der Waals surface area contributed by atoms with Crippen LogP contribution in [0.15, 0.2) is 30.3 Å². The van der Waals surface area contributed by atoms with E-state index in [1.54, 1.807) is 0 Å². The molecular formula is C19H23N3O2. The second-order valence-corrected chi connectivity index (χ2v) is 6.99. The van der Waals surface area contributed by atoms with Crippen LogP contribution in [0.3, 0.4) is 0 Å². The van der Waals surface area contributed by atoms with Crippen molar-refractivity contribution in [2.24, 2.45) is 5.92 Å². The summed E-state index contributed by atoms with van der Waals surface area (Å²) in [5, 5.41) is 4.21. The van der Waals surface area contributed by atoms with Crippen molar-refractivity contribution in [3.8, 4) is 0 Å². The molecule has 1 amide bonds. The van der Waals surface area contributed by atoms with Gasteiger partial charge in [-0.05, 0) is 37.0 Å². The third-order valence-corrected chi connectivity index (χ3v) is 5.14. The van der Waals surface area contributed by atoms with Crippen molar-refractivity contribution in [3.05, 3.63) is 35.9 Å². The largest absolute Gasteiger partial charge is 0.374 e. The molecule has 5 nitrogen and oxygen atoms in total. The molecule has 3 atom stereocenters. The first-order valence-corrected chi connectivity index (χ1v) is 8.61. The van der Waals surface area contributed by atoms with E-state index in [-0.39, 0.29) is 17.9 Å². The molecule has 24 heavy (non-hydrogen) atoms. The Morgan fingerprint density at radius 2 is 2.17 bits per heavy atom. The summed E-state index contributed by atoms with van der Waals surface area (Å²) in [7, 11) is 3.96. The second kappa shape index (κ2) is 6.06. The van der Waals surface area contributed by atoms with Crippen LogP contribution in [0.1, 0.15) is 24.8 Å². The highest BCUT2D eigenvalue weighted by atomic mass is 16.5. The number of fused-ring (bicyclic) bond motifs is 3. The average Bonchev–Trinajstić information content (AvgIpc) is 3.22. The minimum Gasteiger partial charge on any atom is -0.374 e. The molecule has 2 saturated heterocycles. The van der Waals surface area contributed by atoms with Gasteiger partial charge in [-0.25, -0.2) is 4.98 Å². The summed E-state index contributed by atoms with van der Waals surface area (Å²) in [6.45, 7) is 0.524. The fourth-order valence-corrected chi connectivity index (χ4v) is 3.83. The summed E-state index contributed by atoms with van der Waals surface area (Å²) in [4.78, 5) is 19.2. The number of nitrogens with one attached hydrogen (secondary N) is 1. The zero-order chi connectivity index (χ0) is 16.7. The van der Waals surface area contributed by atoms with E-state index >= 15 is 0 Å². The molecule has 0 unspecified atom stereocenters. The van der Waals surface area contributed by atoms with Crippen molar-refractivity contribution in [1.82, 2.24) is 10.3 Å². The number of aromatic nitrogens is 1. The zero-order valence-corrected chi connectivity index (χ0v) is 14.2. The van der Waals surface area contributed by atoms with E-state index in [0.717, 1.165) is 41.5 Å². The number of para-hydroxylation sites is 1. The highest BCUT2D eigenvalue weighted by Gasteiger charge is 2.44. The van der Waals surface area contributed by atoms with Gasteiger partial charge in [0.2, 0.25) is 5.91 Å². The number of pyridine rings is 1. The van der Waals surface area contributed by atoms with E-state index in [9.17, 15) is 4.79 Å². The monoisotopic (exact) mass is 325 g/mol. The first kappa shape index (κ1) is 15.4. The van der Waals surface area contributed by atoms with Crippen LogP contribution in [0.25, 0.3) is 10.9 Å². The Morgan fingerprint density at radius 3 is 2.88 bits per heavy atom. The van der Waals surface area contributed by atoms with Crippen LogP contribution in [0.5, 0.6) is 0 Å². The zero-order valence-electron chi connectivity index (χ0n) is 14.2. The van der Waals surface area contributed by atoms with Crippen LogP contribution in [-0.2, 0) is 16.1 Å². The Labute approximate surface area is 142 Å². The number of anilines is 1. The van der Waals surface area contributed by atoms with Crippen molar-refractivity contribution in [3.63, 3.8) is 0 Å². The highest BCUT2D eigenvalue weighted by molar-refractivity contribution is 5.85. The normalized spacial score (nSPS) is 25.2. The van der Waals surface area contributed by atoms with Crippen LogP contribution in [0.4, 0.5) is 5.82 Å². The van der Waals surface area contributed by atoms with Gasteiger partial charge in [0.25, 0.3) is 0 Å². The minimum absolute atomic E-state index is 0.0187. The molecule has 126 valence electrons. The molecule has 2 aromatic rings. The van der Waals surface area contributed by atoms with E-state index in [0.29, 0.717) is 12.6 Å². The van der Waals surface area contributed by atoms with Crippen LogP contribution < -0.4 is 10.2 Å². The molecule has 5 heteroatoms. The van der Waals surface area contributed by atoms with Gasteiger partial charge in [-0.3, -0.25) is 4.79 Å². The van der Waals surface area contributed by atoms with E-state index in [4.69, 9.17) is 4.74 Å². The van der Waals surface area contributed by atoms with Crippen LogP contribution >= 0.6 is 0 Å². The maximum atomic E-state index is 12.5. The number of ether oxygens (including phenoxy) is 1. The average molecular weight is 325 g/mol. The SMILES string of the molecule is CN(C)c1cc(CNC(=O)[C@@H]2C[C@H]3CC[C@H]2O3)c2ccccc2n1. The molecule has 0 saturated carbocycles. The first-order chi connectivity index (χ1) is 11.6. The minimum atomic E-state index is 0.0187. The molecule has 4 rings (SSSR count). The predicted molar refractivity (Wildman–Crippen MR) is 93.9 cm³/mol. The van der Waals surface area contributed by atoms with Crippen LogP contribution in [-0.4, -0.2) is 37.2 Å². The summed E-state index contributed by atoms with van der Waals surface area (Å²) in [5.74, 6) is 1.04. The molecule has 2 aliphatic heterocycles. The molecule has 0 aliphatic carbocycles. The van der Waals surface area contributed by atoms with Gasteiger partial charge in [-0.1, -0.05) is 18.2 Å². The standard InChI is InChI=1S/C19H23N3O2/c1-22(2)18-9-12(14-5-3-4-6-16(14)21-18)11-20-19(23)15-10-13-7-8-17(15)24-13/h3-6,9,13,15,17H,7-8,10-11H2,1-2H3,(H,20,23)/t13-,15-,17-/m1/s1. The number of amides is 1. The third-order valence-electron chi connectivity index (χ3n) is 5.14. The summed E-state index contributed by atoms with van der Waals surface area (Å²) >= 11 is 0. The number of hydrogen-bond acceptors (Lipinski definition) is 4.